The van der Waals surface area contributed by atoms with E-state index in [4.69, 9.17) is 16.0 Å². The normalized spacial score (nSPS) is 11.4. The monoisotopic (exact) mass is 424 g/mol. The molecule has 9 nitrogen and oxygen atoms in total. The molecule has 4 rings (SSSR count). The van der Waals surface area contributed by atoms with Crippen molar-refractivity contribution in [3.8, 4) is 5.88 Å². The summed E-state index contributed by atoms with van der Waals surface area (Å²) in [6.07, 6.45) is 0. The Morgan fingerprint density at radius 1 is 1.17 bits per heavy atom. The van der Waals surface area contributed by atoms with E-state index < -0.39 is 16.7 Å². The van der Waals surface area contributed by atoms with Gasteiger partial charge in [-0.05, 0) is 29.8 Å². The fourth-order valence-electron chi connectivity index (χ4n) is 3.01. The third kappa shape index (κ3) is 3.65. The lowest BCUT2D eigenvalue weighted by atomic mass is 10.2. The molecular weight excluding hydrogens is 412 g/mol. The van der Waals surface area contributed by atoms with Crippen LogP contribution in [-0.4, -0.2) is 20.5 Å². The summed E-state index contributed by atoms with van der Waals surface area (Å²) >= 11 is 6.09. The number of carbonyl (C=O) groups excluding carboxylic acids is 1. The van der Waals surface area contributed by atoms with Crippen molar-refractivity contribution in [2.24, 2.45) is 10.2 Å². The second-order valence-corrected chi connectivity index (χ2v) is 6.74. The highest BCUT2D eigenvalue weighted by atomic mass is 35.5. The Morgan fingerprint density at radius 3 is 2.63 bits per heavy atom. The average molecular weight is 425 g/mol. The minimum Gasteiger partial charge on any atom is -0.493 e. The van der Waals surface area contributed by atoms with Crippen LogP contribution in [0.2, 0.25) is 5.02 Å². The first-order valence-corrected chi connectivity index (χ1v) is 9.07. The molecule has 0 aliphatic carbocycles. The molecule has 0 unspecified atom stereocenters. The minimum atomic E-state index is -0.923. The third-order valence-electron chi connectivity index (χ3n) is 4.38. The van der Waals surface area contributed by atoms with Crippen molar-refractivity contribution in [2.45, 2.75) is 6.54 Å². The quantitative estimate of drug-likeness (QED) is 0.258. The van der Waals surface area contributed by atoms with E-state index in [1.165, 1.54) is 0 Å². The number of fused-ring (bicyclic) bond motifs is 1. The summed E-state index contributed by atoms with van der Waals surface area (Å²) in [5, 5.41) is 29.8. The van der Waals surface area contributed by atoms with Crippen LogP contribution in [0.3, 0.4) is 0 Å². The van der Waals surface area contributed by atoms with E-state index in [-0.39, 0.29) is 17.3 Å². The topological polar surface area (TPSA) is 123 Å². The molecule has 0 saturated carbocycles. The molecule has 0 radical (unpaired) electrons. The van der Waals surface area contributed by atoms with Crippen molar-refractivity contribution in [3.63, 3.8) is 0 Å². The van der Waals surface area contributed by atoms with Gasteiger partial charge < -0.3 is 14.1 Å². The molecule has 1 amide bonds. The van der Waals surface area contributed by atoms with Crippen molar-refractivity contribution < 1.29 is 19.2 Å². The lowest BCUT2D eigenvalue weighted by Gasteiger charge is -2.07. The molecule has 0 fully saturated rings. The van der Waals surface area contributed by atoms with Crippen LogP contribution in [0.4, 0.5) is 11.6 Å². The Bertz CT molecular complexity index is 1290. The SMILES string of the molecule is O=C(N=Nc1c(O)n(Cc2ccccc2)c2ccc(Cl)cc12)c1ccc([N+](=O)[O-])o1. The number of nitrogens with zero attached hydrogens (tertiary/aromatic N) is 4. The number of hydrogen-bond acceptors (Lipinski definition) is 6. The second-order valence-electron chi connectivity index (χ2n) is 6.31. The number of hydrogen-bond donors (Lipinski definition) is 1. The molecule has 0 spiro atoms. The molecule has 4 aromatic rings. The second kappa shape index (κ2) is 7.80. The van der Waals surface area contributed by atoms with Crippen LogP contribution in [-0.2, 0) is 6.54 Å². The molecule has 0 bridgehead atoms. The minimum absolute atomic E-state index is 0.0536. The zero-order valence-electron chi connectivity index (χ0n) is 15.2. The molecule has 2 heterocycles. The van der Waals surface area contributed by atoms with Crippen molar-refractivity contribution in [3.05, 3.63) is 87.1 Å². The van der Waals surface area contributed by atoms with Gasteiger partial charge in [-0.1, -0.05) is 41.9 Å². The fourth-order valence-corrected chi connectivity index (χ4v) is 3.18. The Morgan fingerprint density at radius 2 is 1.93 bits per heavy atom. The van der Waals surface area contributed by atoms with E-state index in [2.05, 4.69) is 10.2 Å². The van der Waals surface area contributed by atoms with Gasteiger partial charge in [0, 0.05) is 10.4 Å². The summed E-state index contributed by atoms with van der Waals surface area (Å²) < 4.78 is 6.45. The van der Waals surface area contributed by atoms with Crippen molar-refractivity contribution in [2.75, 3.05) is 0 Å². The number of azo groups is 1. The molecule has 0 aliphatic heterocycles. The number of halogens is 1. The van der Waals surface area contributed by atoms with Crippen LogP contribution in [0.15, 0.2) is 75.3 Å². The number of furan rings is 1. The van der Waals surface area contributed by atoms with E-state index in [9.17, 15) is 20.0 Å². The Hall–Kier alpha value is -3.98. The standard InChI is InChI=1S/C20H13ClN4O5/c21-13-6-7-15-14(10-13)18(20(27)24(15)11-12-4-2-1-3-5-12)22-23-19(26)16-8-9-17(30-16)25(28)29/h1-10,27H,11H2. The highest BCUT2D eigenvalue weighted by Crippen LogP contribution is 2.40. The Labute approximate surface area is 174 Å². The molecule has 150 valence electrons. The molecule has 30 heavy (non-hydrogen) atoms. The molecule has 2 aromatic carbocycles. The molecule has 0 saturated heterocycles. The van der Waals surface area contributed by atoms with Crippen molar-refractivity contribution in [1.82, 2.24) is 4.57 Å². The first-order valence-electron chi connectivity index (χ1n) is 8.69. The van der Waals surface area contributed by atoms with E-state index in [0.29, 0.717) is 22.5 Å². The largest absolute Gasteiger partial charge is 0.493 e. The summed E-state index contributed by atoms with van der Waals surface area (Å²) in [5.74, 6) is -2.04. The number of benzene rings is 2. The number of carbonyl (C=O) groups is 1. The smallest absolute Gasteiger partial charge is 0.433 e. The summed E-state index contributed by atoms with van der Waals surface area (Å²) in [6, 6.07) is 16.7. The van der Waals surface area contributed by atoms with E-state index in [1.807, 2.05) is 30.3 Å². The fraction of sp³-hybridized carbons (Fsp3) is 0.0500. The lowest BCUT2D eigenvalue weighted by Crippen LogP contribution is -1.98. The molecule has 0 atom stereocenters. The average Bonchev–Trinajstić information content (AvgIpc) is 3.32. The Balaban J connectivity index is 1.73. The number of aromatic nitrogens is 1. The van der Waals surface area contributed by atoms with Crippen LogP contribution in [0.25, 0.3) is 10.9 Å². The van der Waals surface area contributed by atoms with Gasteiger partial charge in [0.25, 0.3) is 0 Å². The van der Waals surface area contributed by atoms with Crippen LogP contribution in [0.5, 0.6) is 5.88 Å². The van der Waals surface area contributed by atoms with Gasteiger partial charge in [0.05, 0.1) is 18.1 Å². The maximum Gasteiger partial charge on any atom is 0.433 e. The van der Waals surface area contributed by atoms with Crippen molar-refractivity contribution in [1.29, 1.82) is 0 Å². The first-order chi connectivity index (χ1) is 14.4. The van der Waals surface area contributed by atoms with Gasteiger partial charge in [-0.2, -0.15) is 0 Å². The maximum absolute atomic E-state index is 12.2. The predicted octanol–water partition coefficient (Wildman–Crippen LogP) is 5.47. The van der Waals surface area contributed by atoms with E-state index in [0.717, 1.165) is 17.7 Å². The maximum atomic E-state index is 12.2. The zero-order chi connectivity index (χ0) is 21.3. The lowest BCUT2D eigenvalue weighted by molar-refractivity contribution is -0.402. The predicted molar refractivity (Wildman–Crippen MR) is 108 cm³/mol. The summed E-state index contributed by atoms with van der Waals surface area (Å²) in [7, 11) is 0. The molecule has 10 heteroatoms. The van der Waals surface area contributed by atoms with E-state index >= 15 is 0 Å². The molecule has 2 aromatic heterocycles. The number of amides is 1. The number of nitro groups is 1. The Kier molecular flexibility index (Phi) is 5.03. The van der Waals surface area contributed by atoms with Crippen LogP contribution < -0.4 is 0 Å². The first kappa shape index (κ1) is 19.3. The van der Waals surface area contributed by atoms with E-state index in [1.54, 1.807) is 22.8 Å². The summed E-state index contributed by atoms with van der Waals surface area (Å²) in [4.78, 5) is 22.1. The van der Waals surface area contributed by atoms with Crippen molar-refractivity contribution >= 4 is 40.0 Å². The zero-order valence-corrected chi connectivity index (χ0v) is 16.0. The highest BCUT2D eigenvalue weighted by Gasteiger charge is 2.20. The van der Waals surface area contributed by atoms with Gasteiger partial charge in [0.2, 0.25) is 11.6 Å². The van der Waals surface area contributed by atoms with Gasteiger partial charge in [-0.15, -0.1) is 10.2 Å². The van der Waals surface area contributed by atoms with Crippen LogP contribution >= 0.6 is 11.6 Å². The summed E-state index contributed by atoms with van der Waals surface area (Å²) in [6.45, 7) is 0.360. The van der Waals surface area contributed by atoms with Gasteiger partial charge in [0.1, 0.15) is 4.92 Å². The highest BCUT2D eigenvalue weighted by molar-refractivity contribution is 6.31. The van der Waals surface area contributed by atoms with Gasteiger partial charge in [-0.3, -0.25) is 14.9 Å². The van der Waals surface area contributed by atoms with Gasteiger partial charge in [0.15, 0.2) is 5.69 Å². The van der Waals surface area contributed by atoms with Crippen LogP contribution in [0.1, 0.15) is 16.1 Å². The van der Waals surface area contributed by atoms with Gasteiger partial charge >= 0.3 is 11.8 Å². The molecule has 0 aliphatic rings. The van der Waals surface area contributed by atoms with Gasteiger partial charge in [-0.25, -0.2) is 0 Å². The van der Waals surface area contributed by atoms with Crippen LogP contribution in [0, 0.1) is 10.1 Å². The number of aromatic hydroxyl groups is 1. The molecular formula is C20H13ClN4O5. The molecule has 1 N–H and O–H groups in total. The third-order valence-corrected chi connectivity index (χ3v) is 4.61. The number of rotatable bonds is 5. The summed E-state index contributed by atoms with van der Waals surface area (Å²) in [5.41, 5.74) is 1.65.